The van der Waals surface area contributed by atoms with E-state index in [1.54, 1.807) is 7.11 Å². The van der Waals surface area contributed by atoms with E-state index in [9.17, 15) is 0 Å². The molecule has 0 bridgehead atoms. The monoisotopic (exact) mass is 314 g/mol. The highest BCUT2D eigenvalue weighted by atomic mass is 16.5. The van der Waals surface area contributed by atoms with E-state index in [0.717, 1.165) is 45.2 Å². The van der Waals surface area contributed by atoms with Crippen molar-refractivity contribution in [1.29, 1.82) is 0 Å². The van der Waals surface area contributed by atoms with E-state index in [2.05, 4.69) is 29.5 Å². The van der Waals surface area contributed by atoms with Gasteiger partial charge in [-0.3, -0.25) is 4.99 Å². The summed E-state index contributed by atoms with van der Waals surface area (Å²) in [5.74, 6) is 1.61. The first-order chi connectivity index (χ1) is 10.8. The SMILES string of the molecule is CCNC(=NCC1CCCN(C)C1)NCCCOCCOC. The van der Waals surface area contributed by atoms with Gasteiger partial charge in [0.25, 0.3) is 0 Å². The van der Waals surface area contributed by atoms with Gasteiger partial charge in [-0.25, -0.2) is 0 Å². The molecule has 0 radical (unpaired) electrons. The average Bonchev–Trinajstić information content (AvgIpc) is 2.51. The topological polar surface area (TPSA) is 58.1 Å². The van der Waals surface area contributed by atoms with Crippen LogP contribution in [0.1, 0.15) is 26.2 Å². The van der Waals surface area contributed by atoms with E-state index in [1.807, 2.05) is 0 Å². The van der Waals surface area contributed by atoms with Gasteiger partial charge in [-0.15, -0.1) is 0 Å². The zero-order chi connectivity index (χ0) is 16.0. The predicted octanol–water partition coefficient (Wildman–Crippen LogP) is 0.936. The van der Waals surface area contributed by atoms with E-state index in [4.69, 9.17) is 14.5 Å². The molecular formula is C16H34N4O2. The first-order valence-electron chi connectivity index (χ1n) is 8.53. The van der Waals surface area contributed by atoms with Crippen LogP contribution in [0.2, 0.25) is 0 Å². The number of ether oxygens (including phenoxy) is 2. The Balaban J connectivity index is 2.18. The highest BCUT2D eigenvalue weighted by molar-refractivity contribution is 5.79. The Hall–Kier alpha value is -0.850. The van der Waals surface area contributed by atoms with Crippen molar-refractivity contribution in [2.24, 2.45) is 10.9 Å². The lowest BCUT2D eigenvalue weighted by Crippen LogP contribution is -2.39. The van der Waals surface area contributed by atoms with Crippen LogP contribution in [-0.4, -0.2) is 77.6 Å². The van der Waals surface area contributed by atoms with E-state index in [1.165, 1.54) is 19.4 Å². The van der Waals surface area contributed by atoms with Gasteiger partial charge in [0.15, 0.2) is 5.96 Å². The highest BCUT2D eigenvalue weighted by Crippen LogP contribution is 2.14. The van der Waals surface area contributed by atoms with Crippen LogP contribution in [0.4, 0.5) is 0 Å². The van der Waals surface area contributed by atoms with Gasteiger partial charge in [-0.05, 0) is 45.7 Å². The normalized spacial score (nSPS) is 20.1. The largest absolute Gasteiger partial charge is 0.382 e. The Labute approximate surface area is 135 Å². The summed E-state index contributed by atoms with van der Waals surface area (Å²) in [5, 5.41) is 6.69. The fourth-order valence-corrected chi connectivity index (χ4v) is 2.61. The molecule has 6 nitrogen and oxygen atoms in total. The van der Waals surface area contributed by atoms with Gasteiger partial charge in [0, 0.05) is 39.9 Å². The second-order valence-corrected chi connectivity index (χ2v) is 5.88. The molecule has 1 fully saturated rings. The van der Waals surface area contributed by atoms with Crippen molar-refractivity contribution >= 4 is 5.96 Å². The van der Waals surface area contributed by atoms with Crippen molar-refractivity contribution in [2.45, 2.75) is 26.2 Å². The molecule has 0 saturated carbocycles. The molecule has 0 amide bonds. The standard InChI is InChI=1S/C16H34N4O2/c1-4-17-16(18-8-6-10-22-12-11-21-3)19-13-15-7-5-9-20(2)14-15/h15H,4-14H2,1-3H3,(H2,17,18,19). The molecule has 6 heteroatoms. The van der Waals surface area contributed by atoms with Gasteiger partial charge in [-0.1, -0.05) is 0 Å². The molecule has 22 heavy (non-hydrogen) atoms. The summed E-state index contributed by atoms with van der Waals surface area (Å²) in [6.07, 6.45) is 3.56. The third-order valence-electron chi connectivity index (χ3n) is 3.76. The molecule has 0 spiro atoms. The van der Waals surface area contributed by atoms with Gasteiger partial charge < -0.3 is 25.0 Å². The van der Waals surface area contributed by atoms with E-state index >= 15 is 0 Å². The molecule has 1 heterocycles. The quantitative estimate of drug-likeness (QED) is 0.357. The lowest BCUT2D eigenvalue weighted by atomic mass is 9.99. The van der Waals surface area contributed by atoms with Crippen molar-refractivity contribution in [1.82, 2.24) is 15.5 Å². The summed E-state index contributed by atoms with van der Waals surface area (Å²) in [7, 11) is 3.89. The number of hydrogen-bond acceptors (Lipinski definition) is 4. The molecule has 1 atom stereocenters. The van der Waals surface area contributed by atoms with Crippen LogP contribution in [0.25, 0.3) is 0 Å². The summed E-state index contributed by atoms with van der Waals surface area (Å²) in [6.45, 7) is 9.24. The number of likely N-dealkylation sites (tertiary alicyclic amines) is 1. The molecule has 1 aliphatic heterocycles. The zero-order valence-corrected chi connectivity index (χ0v) is 14.6. The van der Waals surface area contributed by atoms with Gasteiger partial charge >= 0.3 is 0 Å². The van der Waals surface area contributed by atoms with Crippen molar-refractivity contribution in [2.75, 3.05) is 66.7 Å². The van der Waals surface area contributed by atoms with Crippen LogP contribution in [0.15, 0.2) is 4.99 Å². The van der Waals surface area contributed by atoms with E-state index in [0.29, 0.717) is 19.1 Å². The summed E-state index contributed by atoms with van der Waals surface area (Å²) < 4.78 is 10.4. The molecule has 1 aliphatic rings. The Bertz CT molecular complexity index is 300. The number of hydrogen-bond donors (Lipinski definition) is 2. The molecular weight excluding hydrogens is 280 g/mol. The molecule has 0 aromatic heterocycles. The van der Waals surface area contributed by atoms with Crippen molar-refractivity contribution in [3.63, 3.8) is 0 Å². The third kappa shape index (κ3) is 9.23. The zero-order valence-electron chi connectivity index (χ0n) is 14.6. The maximum Gasteiger partial charge on any atom is 0.191 e. The Morgan fingerprint density at radius 1 is 1.27 bits per heavy atom. The van der Waals surface area contributed by atoms with Crippen molar-refractivity contribution in [3.05, 3.63) is 0 Å². The highest BCUT2D eigenvalue weighted by Gasteiger charge is 2.16. The van der Waals surface area contributed by atoms with Crippen LogP contribution in [0.5, 0.6) is 0 Å². The summed E-state index contributed by atoms with van der Waals surface area (Å²) in [4.78, 5) is 7.13. The minimum absolute atomic E-state index is 0.660. The van der Waals surface area contributed by atoms with Gasteiger partial charge in [0.1, 0.15) is 0 Å². The van der Waals surface area contributed by atoms with Crippen LogP contribution in [0.3, 0.4) is 0 Å². The first-order valence-corrected chi connectivity index (χ1v) is 8.53. The van der Waals surface area contributed by atoms with Crippen molar-refractivity contribution < 1.29 is 9.47 Å². The van der Waals surface area contributed by atoms with Crippen molar-refractivity contribution in [3.8, 4) is 0 Å². The fraction of sp³-hybridized carbons (Fsp3) is 0.938. The van der Waals surface area contributed by atoms with Gasteiger partial charge in [0.2, 0.25) is 0 Å². The van der Waals surface area contributed by atoms with Crippen LogP contribution < -0.4 is 10.6 Å². The number of aliphatic imine (C=N–C) groups is 1. The number of methoxy groups -OCH3 is 1. The maximum absolute atomic E-state index is 5.45. The van der Waals surface area contributed by atoms with Gasteiger partial charge in [-0.2, -0.15) is 0 Å². The van der Waals surface area contributed by atoms with E-state index in [-0.39, 0.29) is 0 Å². The maximum atomic E-state index is 5.45. The Morgan fingerprint density at radius 2 is 2.14 bits per heavy atom. The summed E-state index contributed by atoms with van der Waals surface area (Å²) >= 11 is 0. The number of piperidine rings is 1. The first kappa shape index (κ1) is 19.2. The smallest absolute Gasteiger partial charge is 0.191 e. The summed E-state index contributed by atoms with van der Waals surface area (Å²) in [5.41, 5.74) is 0. The van der Waals surface area contributed by atoms with Crippen LogP contribution in [0, 0.1) is 5.92 Å². The molecule has 2 N–H and O–H groups in total. The molecule has 1 saturated heterocycles. The van der Waals surface area contributed by atoms with Gasteiger partial charge in [0.05, 0.1) is 13.2 Å². The third-order valence-corrected chi connectivity index (χ3v) is 3.76. The molecule has 1 rings (SSSR count). The molecule has 0 aromatic carbocycles. The Morgan fingerprint density at radius 3 is 2.86 bits per heavy atom. The number of guanidine groups is 1. The average molecular weight is 314 g/mol. The fourth-order valence-electron chi connectivity index (χ4n) is 2.61. The van der Waals surface area contributed by atoms with Crippen LogP contribution >= 0.6 is 0 Å². The minimum Gasteiger partial charge on any atom is -0.382 e. The molecule has 130 valence electrons. The molecule has 0 aromatic rings. The molecule has 1 unspecified atom stereocenters. The van der Waals surface area contributed by atoms with E-state index < -0.39 is 0 Å². The number of nitrogens with zero attached hydrogens (tertiary/aromatic N) is 2. The van der Waals surface area contributed by atoms with Crippen LogP contribution in [-0.2, 0) is 9.47 Å². The summed E-state index contributed by atoms with van der Waals surface area (Å²) in [6, 6.07) is 0. The Kier molecular flexibility index (Phi) is 11.1. The lowest BCUT2D eigenvalue weighted by molar-refractivity contribution is 0.0698. The lowest BCUT2D eigenvalue weighted by Gasteiger charge is -2.28. The number of nitrogens with one attached hydrogen (secondary N) is 2. The minimum atomic E-state index is 0.660. The second-order valence-electron chi connectivity index (χ2n) is 5.88. The predicted molar refractivity (Wildman–Crippen MR) is 91.5 cm³/mol. The molecule has 0 aliphatic carbocycles. The second kappa shape index (κ2) is 12.7. The number of rotatable bonds is 10.